The maximum Gasteiger partial charge on any atom is 0.211 e. The van der Waals surface area contributed by atoms with Crippen LogP contribution in [0, 0.1) is 5.82 Å². The maximum absolute atomic E-state index is 13.2. The summed E-state index contributed by atoms with van der Waals surface area (Å²) in [5.74, 6) is -0.265. The molecule has 144 valence electrons. The normalized spacial score (nSPS) is 11.5. The van der Waals surface area contributed by atoms with Gasteiger partial charge in [-0.3, -0.25) is 0 Å². The molecule has 0 radical (unpaired) electrons. The predicted octanol–water partition coefficient (Wildman–Crippen LogP) is 7.16. The number of anilines is 2. The van der Waals surface area contributed by atoms with Crippen LogP contribution in [-0.2, 0) is 0 Å². The number of para-hydroxylation sites is 1. The Hall–Kier alpha value is -3.02. The molecule has 0 aliphatic carbocycles. The number of benzene rings is 3. The first-order valence-electron chi connectivity index (χ1n) is 8.98. The molecule has 0 unspecified atom stereocenters. The van der Waals surface area contributed by atoms with Gasteiger partial charge in [-0.05, 0) is 61.0 Å². The molecular weight excluding hydrogens is 405 g/mol. The van der Waals surface area contributed by atoms with Crippen molar-refractivity contribution in [1.29, 1.82) is 0 Å². The first-order chi connectivity index (χ1) is 14.1. The van der Waals surface area contributed by atoms with Gasteiger partial charge in [-0.15, -0.1) is 11.3 Å². The molecule has 4 aromatic rings. The Morgan fingerprint density at radius 1 is 0.966 bits per heavy atom. The van der Waals surface area contributed by atoms with Gasteiger partial charge in [0, 0.05) is 16.0 Å². The number of hydrazone groups is 1. The van der Waals surface area contributed by atoms with Gasteiger partial charge in [0.1, 0.15) is 5.82 Å². The second-order valence-electron chi connectivity index (χ2n) is 6.36. The highest BCUT2D eigenvalue weighted by Crippen LogP contribution is 2.32. The Kier molecular flexibility index (Phi) is 5.69. The van der Waals surface area contributed by atoms with Crippen molar-refractivity contribution in [3.05, 3.63) is 101 Å². The van der Waals surface area contributed by atoms with Crippen LogP contribution in [-0.4, -0.2) is 10.7 Å². The fraction of sp³-hybridized carbons (Fsp3) is 0.0435. The Labute approximate surface area is 177 Å². The predicted molar refractivity (Wildman–Crippen MR) is 120 cm³/mol. The summed E-state index contributed by atoms with van der Waals surface area (Å²) in [4.78, 5) is 4.74. The molecule has 3 aromatic carbocycles. The van der Waals surface area contributed by atoms with Gasteiger partial charge < -0.3 is 0 Å². The van der Waals surface area contributed by atoms with Crippen LogP contribution in [0.5, 0.6) is 0 Å². The smallest absolute Gasteiger partial charge is 0.211 e. The summed E-state index contributed by atoms with van der Waals surface area (Å²) in [6.07, 6.45) is 0. The van der Waals surface area contributed by atoms with E-state index in [0.29, 0.717) is 5.02 Å². The lowest BCUT2D eigenvalue weighted by molar-refractivity contribution is 0.628. The quantitative estimate of drug-likeness (QED) is 0.252. The Balaban J connectivity index is 1.73. The lowest BCUT2D eigenvalue weighted by Crippen LogP contribution is -2.12. The minimum atomic E-state index is -0.265. The van der Waals surface area contributed by atoms with Crippen molar-refractivity contribution in [2.75, 3.05) is 5.01 Å². The van der Waals surface area contributed by atoms with Gasteiger partial charge in [0.2, 0.25) is 5.13 Å². The minimum Gasteiger partial charge on any atom is -0.218 e. The van der Waals surface area contributed by atoms with Gasteiger partial charge in [-0.25, -0.2) is 14.4 Å². The minimum absolute atomic E-state index is 0.265. The molecule has 0 N–H and O–H groups in total. The summed E-state index contributed by atoms with van der Waals surface area (Å²) in [6.45, 7) is 1.95. The number of halogens is 2. The number of nitrogens with zero attached hydrogens (tertiary/aromatic N) is 3. The third kappa shape index (κ3) is 4.53. The highest BCUT2D eigenvalue weighted by molar-refractivity contribution is 7.14. The Morgan fingerprint density at radius 3 is 2.34 bits per heavy atom. The second kappa shape index (κ2) is 8.55. The molecule has 0 saturated carbocycles. The van der Waals surface area contributed by atoms with Crippen molar-refractivity contribution >= 4 is 39.5 Å². The van der Waals surface area contributed by atoms with Crippen LogP contribution in [0.4, 0.5) is 15.2 Å². The molecule has 0 aliphatic heterocycles. The molecule has 4 rings (SSSR count). The van der Waals surface area contributed by atoms with E-state index in [2.05, 4.69) is 0 Å². The van der Waals surface area contributed by atoms with Gasteiger partial charge >= 0.3 is 0 Å². The van der Waals surface area contributed by atoms with Crippen molar-refractivity contribution in [1.82, 2.24) is 4.98 Å². The van der Waals surface area contributed by atoms with Gasteiger partial charge in [0.25, 0.3) is 0 Å². The summed E-state index contributed by atoms with van der Waals surface area (Å²) in [7, 11) is 0. The molecule has 3 nitrogen and oxygen atoms in total. The number of rotatable bonds is 5. The van der Waals surface area contributed by atoms with E-state index in [1.54, 1.807) is 12.1 Å². The van der Waals surface area contributed by atoms with E-state index < -0.39 is 0 Å². The lowest BCUT2D eigenvalue weighted by atomic mass is 10.1. The summed E-state index contributed by atoms with van der Waals surface area (Å²) in [5.41, 5.74) is 4.36. The van der Waals surface area contributed by atoms with Crippen molar-refractivity contribution in [3.8, 4) is 11.3 Å². The topological polar surface area (TPSA) is 28.5 Å². The summed E-state index contributed by atoms with van der Waals surface area (Å²) < 4.78 is 13.2. The Bertz CT molecular complexity index is 1120. The highest BCUT2D eigenvalue weighted by Gasteiger charge is 2.15. The van der Waals surface area contributed by atoms with E-state index in [1.165, 1.54) is 23.5 Å². The van der Waals surface area contributed by atoms with E-state index in [1.807, 2.05) is 71.9 Å². The Morgan fingerprint density at radius 2 is 1.66 bits per heavy atom. The van der Waals surface area contributed by atoms with Gasteiger partial charge in [-0.1, -0.05) is 41.9 Å². The average molecular weight is 422 g/mol. The second-order valence-corrected chi connectivity index (χ2v) is 7.63. The molecule has 0 bridgehead atoms. The number of aromatic nitrogens is 1. The molecule has 1 aromatic heterocycles. The highest BCUT2D eigenvalue weighted by atomic mass is 35.5. The maximum atomic E-state index is 13.2. The first kappa shape index (κ1) is 19.3. The molecule has 6 heteroatoms. The van der Waals surface area contributed by atoms with Crippen LogP contribution in [0.2, 0.25) is 5.02 Å². The van der Waals surface area contributed by atoms with Crippen LogP contribution < -0.4 is 5.01 Å². The number of thiazole rings is 1. The summed E-state index contributed by atoms with van der Waals surface area (Å²) in [5, 5.41) is 10.0. The molecule has 29 heavy (non-hydrogen) atoms. The zero-order valence-electron chi connectivity index (χ0n) is 15.6. The molecule has 0 amide bonds. The summed E-state index contributed by atoms with van der Waals surface area (Å²) >= 11 is 7.49. The standard InChI is InChI=1S/C23H17ClFN3S/c1-16(17-7-11-19(24)12-8-17)27-28(21-5-3-2-4-6-21)23-26-22(15-29-23)18-9-13-20(25)14-10-18/h2-15H,1H3/b27-16-. The largest absolute Gasteiger partial charge is 0.218 e. The zero-order valence-corrected chi connectivity index (χ0v) is 17.2. The average Bonchev–Trinajstić information content (AvgIpc) is 3.23. The zero-order chi connectivity index (χ0) is 20.2. The molecule has 0 spiro atoms. The van der Waals surface area contributed by atoms with Gasteiger partial charge in [-0.2, -0.15) is 5.10 Å². The molecule has 0 saturated heterocycles. The van der Waals surface area contributed by atoms with Crippen LogP contribution >= 0.6 is 22.9 Å². The van der Waals surface area contributed by atoms with Crippen molar-refractivity contribution in [3.63, 3.8) is 0 Å². The molecule has 0 aliphatic rings. The SMILES string of the molecule is C/C(=N/N(c1ccccc1)c1nc(-c2ccc(F)cc2)cs1)c1ccc(Cl)cc1. The van der Waals surface area contributed by atoms with E-state index in [9.17, 15) is 4.39 Å². The van der Waals surface area contributed by atoms with Crippen molar-refractivity contribution < 1.29 is 4.39 Å². The monoisotopic (exact) mass is 421 g/mol. The molecule has 0 fully saturated rings. The molecular formula is C23H17ClFN3S. The fourth-order valence-electron chi connectivity index (χ4n) is 2.79. The van der Waals surface area contributed by atoms with E-state index in [4.69, 9.17) is 21.7 Å². The molecule has 0 atom stereocenters. The fourth-order valence-corrected chi connectivity index (χ4v) is 3.72. The van der Waals surface area contributed by atoms with E-state index >= 15 is 0 Å². The lowest BCUT2D eigenvalue weighted by Gasteiger charge is -2.17. The number of hydrogen-bond acceptors (Lipinski definition) is 4. The van der Waals surface area contributed by atoms with Crippen LogP contribution in [0.25, 0.3) is 11.3 Å². The third-order valence-corrected chi connectivity index (χ3v) is 5.39. The van der Waals surface area contributed by atoms with Crippen LogP contribution in [0.3, 0.4) is 0 Å². The van der Waals surface area contributed by atoms with Gasteiger partial charge in [0.05, 0.1) is 17.1 Å². The molecule has 1 heterocycles. The number of hydrogen-bond donors (Lipinski definition) is 0. The van der Waals surface area contributed by atoms with Crippen LogP contribution in [0.15, 0.2) is 89.3 Å². The van der Waals surface area contributed by atoms with Crippen molar-refractivity contribution in [2.24, 2.45) is 5.10 Å². The van der Waals surface area contributed by atoms with Crippen LogP contribution in [0.1, 0.15) is 12.5 Å². The summed E-state index contributed by atoms with van der Waals surface area (Å²) in [6, 6.07) is 23.8. The van der Waals surface area contributed by atoms with E-state index in [-0.39, 0.29) is 5.82 Å². The van der Waals surface area contributed by atoms with Crippen molar-refractivity contribution in [2.45, 2.75) is 6.92 Å². The first-order valence-corrected chi connectivity index (χ1v) is 10.2. The van der Waals surface area contributed by atoms with E-state index in [0.717, 1.165) is 33.4 Å². The van der Waals surface area contributed by atoms with Gasteiger partial charge in [0.15, 0.2) is 0 Å². The third-order valence-electron chi connectivity index (χ3n) is 4.33.